The van der Waals surface area contributed by atoms with Crippen molar-refractivity contribution in [3.05, 3.63) is 57.9 Å². The average molecular weight is 310 g/mol. The number of nitrogens with zero attached hydrogens (tertiary/aromatic N) is 3. The summed E-state index contributed by atoms with van der Waals surface area (Å²) in [4.78, 5) is 10.0. The molecule has 2 aromatic rings. The molecule has 2 rings (SSSR count). The van der Waals surface area contributed by atoms with Crippen molar-refractivity contribution in [3.8, 4) is 0 Å². The Morgan fingerprint density at radius 3 is 2.48 bits per heavy atom. The normalized spacial score (nSPS) is 11.7. The molecule has 1 heterocycles. The molecule has 0 amide bonds. The van der Waals surface area contributed by atoms with E-state index in [4.69, 9.17) is 0 Å². The molecule has 0 saturated heterocycles. The van der Waals surface area contributed by atoms with Gasteiger partial charge < -0.3 is 0 Å². The number of aromatic nitrogens is 2. The van der Waals surface area contributed by atoms with Crippen molar-refractivity contribution in [1.82, 2.24) is 14.5 Å². The molecule has 0 saturated carbocycles. The fraction of sp³-hybridized carbons (Fsp3) is 0.250. The molecule has 9 heteroatoms. The molecular weight excluding hydrogens is 296 g/mol. The van der Waals surface area contributed by atoms with Gasteiger partial charge in [0.25, 0.3) is 5.69 Å². The molecule has 1 aromatic heterocycles. The number of benzene rings is 1. The van der Waals surface area contributed by atoms with Crippen LogP contribution in [0.4, 0.5) is 5.69 Å². The maximum atomic E-state index is 12.2. The zero-order chi connectivity index (χ0) is 15.5. The van der Waals surface area contributed by atoms with Gasteiger partial charge in [-0.1, -0.05) is 12.1 Å². The fourth-order valence-electron chi connectivity index (χ4n) is 1.75. The summed E-state index contributed by atoms with van der Waals surface area (Å²) >= 11 is 0. The lowest BCUT2D eigenvalue weighted by Gasteiger charge is -2.16. The topological polar surface area (TPSA) is 109 Å². The molecular formula is C12H14N4O4S. The number of sulfonamides is 1. The molecule has 1 aromatic carbocycles. The summed E-state index contributed by atoms with van der Waals surface area (Å²) in [5.74, 6) is -0.209. The van der Waals surface area contributed by atoms with E-state index in [2.05, 4.69) is 10.2 Å². The smallest absolute Gasteiger partial charge is 0.269 e. The highest BCUT2D eigenvalue weighted by molar-refractivity contribution is 7.88. The second-order valence-corrected chi connectivity index (χ2v) is 6.62. The summed E-state index contributed by atoms with van der Waals surface area (Å²) in [6.45, 7) is 0.214. The number of nitrogens with one attached hydrogen (secondary N) is 1. The highest BCUT2D eigenvalue weighted by Crippen LogP contribution is 2.16. The highest BCUT2D eigenvalue weighted by atomic mass is 32.2. The number of nitro benzene ring substituents is 1. The lowest BCUT2D eigenvalue weighted by Crippen LogP contribution is -2.27. The van der Waals surface area contributed by atoms with Gasteiger partial charge in [-0.2, -0.15) is 5.10 Å². The summed E-state index contributed by atoms with van der Waals surface area (Å²) in [6, 6.07) is 5.48. The Hall–Kier alpha value is -2.26. The van der Waals surface area contributed by atoms with Crippen molar-refractivity contribution in [1.29, 1.82) is 0 Å². The lowest BCUT2D eigenvalue weighted by atomic mass is 10.2. The molecule has 0 fully saturated rings. The third-order valence-electron chi connectivity index (χ3n) is 2.93. The summed E-state index contributed by atoms with van der Waals surface area (Å²) in [5.41, 5.74) is 1.19. The largest absolute Gasteiger partial charge is 0.285 e. The SMILES string of the molecule is CN(Cc1cn[nH]c1)S(=O)(=O)Cc1ccc([N+](=O)[O-])cc1. The molecule has 0 bridgehead atoms. The Morgan fingerprint density at radius 2 is 1.95 bits per heavy atom. The first-order valence-electron chi connectivity index (χ1n) is 6.03. The monoisotopic (exact) mass is 310 g/mol. The van der Waals surface area contributed by atoms with Gasteiger partial charge in [0, 0.05) is 37.5 Å². The summed E-state index contributed by atoms with van der Waals surface area (Å²) in [6.07, 6.45) is 3.18. The van der Waals surface area contributed by atoms with Gasteiger partial charge in [-0.3, -0.25) is 15.2 Å². The molecule has 112 valence electrons. The molecule has 0 spiro atoms. The van der Waals surface area contributed by atoms with Crippen LogP contribution < -0.4 is 0 Å². The summed E-state index contributed by atoms with van der Waals surface area (Å²) in [5, 5.41) is 16.9. The molecule has 0 atom stereocenters. The van der Waals surface area contributed by atoms with Crippen LogP contribution >= 0.6 is 0 Å². The Morgan fingerprint density at radius 1 is 1.29 bits per heavy atom. The van der Waals surface area contributed by atoms with Gasteiger partial charge in [0.05, 0.1) is 16.9 Å². The van der Waals surface area contributed by atoms with Gasteiger partial charge in [-0.15, -0.1) is 0 Å². The van der Waals surface area contributed by atoms with Crippen molar-refractivity contribution < 1.29 is 13.3 Å². The number of aromatic amines is 1. The molecule has 0 unspecified atom stereocenters. The fourth-order valence-corrected chi connectivity index (χ4v) is 2.93. The van der Waals surface area contributed by atoms with Crippen LogP contribution in [0.1, 0.15) is 11.1 Å². The number of H-pyrrole nitrogens is 1. The van der Waals surface area contributed by atoms with E-state index in [0.29, 0.717) is 5.56 Å². The third kappa shape index (κ3) is 3.86. The number of rotatable bonds is 6. The second kappa shape index (κ2) is 6.02. The lowest BCUT2D eigenvalue weighted by molar-refractivity contribution is -0.384. The highest BCUT2D eigenvalue weighted by Gasteiger charge is 2.19. The van der Waals surface area contributed by atoms with Gasteiger partial charge in [0.1, 0.15) is 0 Å². The number of non-ortho nitro benzene ring substituents is 1. The first kappa shape index (κ1) is 15.1. The Bertz CT molecular complexity index is 710. The van der Waals surface area contributed by atoms with Gasteiger partial charge in [-0.25, -0.2) is 12.7 Å². The van der Waals surface area contributed by atoms with Crippen molar-refractivity contribution in [2.45, 2.75) is 12.3 Å². The molecule has 21 heavy (non-hydrogen) atoms. The van der Waals surface area contributed by atoms with Crippen LogP contribution in [-0.2, 0) is 22.3 Å². The van der Waals surface area contributed by atoms with E-state index in [9.17, 15) is 18.5 Å². The van der Waals surface area contributed by atoms with E-state index in [1.54, 1.807) is 12.4 Å². The number of hydrogen-bond donors (Lipinski definition) is 1. The summed E-state index contributed by atoms with van der Waals surface area (Å²) < 4.78 is 25.6. The Labute approximate surface area is 121 Å². The maximum absolute atomic E-state index is 12.2. The van der Waals surface area contributed by atoms with Crippen LogP contribution in [0.2, 0.25) is 0 Å². The first-order chi connectivity index (χ1) is 9.88. The minimum Gasteiger partial charge on any atom is -0.285 e. The Kier molecular flexibility index (Phi) is 4.34. The molecule has 0 aliphatic rings. The van der Waals surface area contributed by atoms with Crippen molar-refractivity contribution >= 4 is 15.7 Å². The minimum atomic E-state index is -3.50. The van der Waals surface area contributed by atoms with Crippen LogP contribution in [0.25, 0.3) is 0 Å². The van der Waals surface area contributed by atoms with Crippen LogP contribution in [0.5, 0.6) is 0 Å². The van der Waals surface area contributed by atoms with E-state index >= 15 is 0 Å². The van der Waals surface area contributed by atoms with Crippen LogP contribution in [0, 0.1) is 10.1 Å². The molecule has 1 N–H and O–H groups in total. The van der Waals surface area contributed by atoms with E-state index in [1.807, 2.05) is 0 Å². The predicted molar refractivity (Wildman–Crippen MR) is 75.8 cm³/mol. The van der Waals surface area contributed by atoms with Gasteiger partial charge in [0.15, 0.2) is 0 Å². The average Bonchev–Trinajstić information content (AvgIpc) is 2.91. The molecule has 0 aliphatic heterocycles. The zero-order valence-electron chi connectivity index (χ0n) is 11.3. The van der Waals surface area contributed by atoms with E-state index in [1.165, 1.54) is 35.6 Å². The first-order valence-corrected chi connectivity index (χ1v) is 7.64. The molecule has 8 nitrogen and oxygen atoms in total. The van der Waals surface area contributed by atoms with Gasteiger partial charge in [-0.05, 0) is 5.56 Å². The maximum Gasteiger partial charge on any atom is 0.269 e. The van der Waals surface area contributed by atoms with Crippen LogP contribution in [0.3, 0.4) is 0 Å². The number of nitro groups is 1. The predicted octanol–water partition coefficient (Wildman–Crippen LogP) is 1.28. The van der Waals surface area contributed by atoms with Crippen LogP contribution in [-0.4, -0.2) is 34.9 Å². The quantitative estimate of drug-likeness (QED) is 0.638. The van der Waals surface area contributed by atoms with Crippen LogP contribution in [0.15, 0.2) is 36.7 Å². The van der Waals surface area contributed by atoms with Crippen molar-refractivity contribution in [2.75, 3.05) is 7.05 Å². The van der Waals surface area contributed by atoms with Crippen molar-refractivity contribution in [3.63, 3.8) is 0 Å². The van der Waals surface area contributed by atoms with Crippen molar-refractivity contribution in [2.24, 2.45) is 0 Å². The minimum absolute atomic E-state index is 0.0668. The second-order valence-electron chi connectivity index (χ2n) is 4.54. The Balaban J connectivity index is 2.07. The van der Waals surface area contributed by atoms with Gasteiger partial charge >= 0.3 is 0 Å². The van der Waals surface area contributed by atoms with E-state index in [0.717, 1.165) is 5.56 Å². The standard InChI is InChI=1S/C12H14N4O4S/c1-15(8-11-6-13-14-7-11)21(19,20)9-10-2-4-12(5-3-10)16(17)18/h2-7H,8-9H2,1H3,(H,13,14). The van der Waals surface area contributed by atoms with E-state index in [-0.39, 0.29) is 18.0 Å². The van der Waals surface area contributed by atoms with Gasteiger partial charge in [0.2, 0.25) is 10.0 Å². The zero-order valence-corrected chi connectivity index (χ0v) is 12.1. The van der Waals surface area contributed by atoms with E-state index < -0.39 is 14.9 Å². The molecule has 0 aliphatic carbocycles. The third-order valence-corrected chi connectivity index (χ3v) is 4.71. The molecule has 0 radical (unpaired) electrons. The summed E-state index contributed by atoms with van der Waals surface area (Å²) in [7, 11) is -2.02. The number of hydrogen-bond acceptors (Lipinski definition) is 5.